The van der Waals surface area contributed by atoms with Crippen LogP contribution in [0, 0.1) is 23.0 Å². The van der Waals surface area contributed by atoms with Gasteiger partial charge in [-0.2, -0.15) is 0 Å². The smallest absolute Gasteiger partial charge is 0.303 e. The number of carboxylic acid groups (broad SMARTS) is 1. The Kier molecular flexibility index (Phi) is 7.14. The molecule has 0 aliphatic heterocycles. The SMILES string of the molecule is COc1ccc(F)c(-c2ccc(COc3cccc(C(CC(=O)O)C4CC4)c3F)cc2C(O)C2(C)CC2)c1. The zero-order valence-corrected chi connectivity index (χ0v) is 21.5. The minimum absolute atomic E-state index is 0.0324. The minimum Gasteiger partial charge on any atom is -0.497 e. The van der Waals surface area contributed by atoms with E-state index in [-0.39, 0.29) is 36.0 Å². The Bertz CT molecular complexity index is 1350. The zero-order valence-electron chi connectivity index (χ0n) is 21.5. The van der Waals surface area contributed by atoms with Crippen LogP contribution in [0.1, 0.15) is 67.7 Å². The molecule has 38 heavy (non-hydrogen) atoms. The number of aliphatic hydroxyl groups excluding tert-OH is 1. The lowest BCUT2D eigenvalue weighted by Gasteiger charge is -2.23. The highest BCUT2D eigenvalue weighted by molar-refractivity contribution is 5.71. The minimum atomic E-state index is -0.948. The first-order valence-electron chi connectivity index (χ1n) is 13.0. The van der Waals surface area contributed by atoms with E-state index in [1.807, 2.05) is 6.92 Å². The van der Waals surface area contributed by atoms with Gasteiger partial charge in [0.1, 0.15) is 18.2 Å². The Morgan fingerprint density at radius 3 is 2.47 bits per heavy atom. The van der Waals surface area contributed by atoms with Crippen molar-refractivity contribution in [1.82, 2.24) is 0 Å². The topological polar surface area (TPSA) is 76.0 Å². The van der Waals surface area contributed by atoms with Crippen LogP contribution in [0.2, 0.25) is 0 Å². The molecule has 2 unspecified atom stereocenters. The molecule has 0 radical (unpaired) electrons. The lowest BCUT2D eigenvalue weighted by atomic mass is 9.87. The predicted molar refractivity (Wildman–Crippen MR) is 139 cm³/mol. The second-order valence-electron chi connectivity index (χ2n) is 10.8. The summed E-state index contributed by atoms with van der Waals surface area (Å²) in [5.74, 6) is -1.55. The van der Waals surface area contributed by atoms with Crippen LogP contribution in [-0.2, 0) is 11.4 Å². The Labute approximate surface area is 221 Å². The molecule has 3 aromatic carbocycles. The van der Waals surface area contributed by atoms with Gasteiger partial charge < -0.3 is 19.7 Å². The van der Waals surface area contributed by atoms with Crippen molar-refractivity contribution in [2.45, 2.75) is 57.7 Å². The highest BCUT2D eigenvalue weighted by Crippen LogP contribution is 2.56. The first-order valence-corrected chi connectivity index (χ1v) is 13.0. The fraction of sp³-hybridized carbons (Fsp3) is 0.387. The fourth-order valence-corrected chi connectivity index (χ4v) is 5.16. The summed E-state index contributed by atoms with van der Waals surface area (Å²) in [6.07, 6.45) is 2.60. The van der Waals surface area contributed by atoms with Gasteiger partial charge in [-0.1, -0.05) is 31.2 Å². The van der Waals surface area contributed by atoms with Crippen LogP contribution < -0.4 is 9.47 Å². The molecule has 2 saturated carbocycles. The van der Waals surface area contributed by atoms with Gasteiger partial charge in [-0.05, 0) is 89.6 Å². The molecular weight excluding hydrogens is 490 g/mol. The van der Waals surface area contributed by atoms with E-state index in [9.17, 15) is 19.4 Å². The van der Waals surface area contributed by atoms with E-state index in [2.05, 4.69) is 0 Å². The Morgan fingerprint density at radius 2 is 1.82 bits per heavy atom. The first kappa shape index (κ1) is 26.2. The van der Waals surface area contributed by atoms with Gasteiger partial charge in [-0.15, -0.1) is 0 Å². The van der Waals surface area contributed by atoms with Crippen molar-refractivity contribution in [1.29, 1.82) is 0 Å². The molecular formula is C31H32F2O5. The third-order valence-electron chi connectivity index (χ3n) is 7.95. The standard InChI is InChI=1S/C31H32F2O5/c1-31(12-13-31)30(36)25-14-18(6-10-21(25)24-15-20(37-2)9-11-26(24)32)17-38-27-5-3-4-22(29(27)33)23(16-28(34)35)19-7-8-19/h3-6,9-11,14-15,19,23,30,36H,7-8,12-13,16-17H2,1-2H3,(H,34,35). The molecule has 0 spiro atoms. The molecule has 0 saturated heterocycles. The van der Waals surface area contributed by atoms with Gasteiger partial charge in [0.25, 0.3) is 0 Å². The quantitative estimate of drug-likeness (QED) is 0.283. The van der Waals surface area contributed by atoms with Crippen LogP contribution in [0.15, 0.2) is 54.6 Å². The highest BCUT2D eigenvalue weighted by atomic mass is 19.1. The number of ether oxygens (including phenoxy) is 2. The van der Waals surface area contributed by atoms with Crippen LogP contribution in [0.25, 0.3) is 11.1 Å². The fourth-order valence-electron chi connectivity index (χ4n) is 5.16. The molecule has 0 bridgehead atoms. The van der Waals surface area contributed by atoms with Crippen LogP contribution >= 0.6 is 0 Å². The van der Waals surface area contributed by atoms with Crippen molar-refractivity contribution in [3.8, 4) is 22.6 Å². The molecule has 0 amide bonds. The third kappa shape index (κ3) is 5.39. The Hall–Kier alpha value is -3.45. The molecule has 2 aliphatic carbocycles. The van der Waals surface area contributed by atoms with Gasteiger partial charge in [0, 0.05) is 11.5 Å². The van der Waals surface area contributed by atoms with Gasteiger partial charge in [0.15, 0.2) is 11.6 Å². The molecule has 7 heteroatoms. The summed E-state index contributed by atoms with van der Waals surface area (Å²) in [4.78, 5) is 11.4. The lowest BCUT2D eigenvalue weighted by molar-refractivity contribution is -0.137. The number of hydrogen-bond acceptors (Lipinski definition) is 4. The first-order chi connectivity index (χ1) is 18.2. The maximum Gasteiger partial charge on any atom is 0.303 e. The van der Waals surface area contributed by atoms with E-state index in [1.54, 1.807) is 42.5 Å². The van der Waals surface area contributed by atoms with Gasteiger partial charge in [0.05, 0.1) is 19.6 Å². The van der Waals surface area contributed by atoms with Crippen molar-refractivity contribution >= 4 is 5.97 Å². The van der Waals surface area contributed by atoms with Gasteiger partial charge >= 0.3 is 5.97 Å². The second kappa shape index (κ2) is 10.4. The van der Waals surface area contributed by atoms with E-state index in [1.165, 1.54) is 19.2 Å². The number of aliphatic hydroxyl groups is 1. The normalized spacial score (nSPS) is 17.5. The van der Waals surface area contributed by atoms with Gasteiger partial charge in [-0.3, -0.25) is 4.79 Å². The predicted octanol–water partition coefficient (Wildman–Crippen LogP) is 7.02. The van der Waals surface area contributed by atoms with Crippen molar-refractivity contribution in [3.05, 3.63) is 82.9 Å². The van der Waals surface area contributed by atoms with E-state index in [0.717, 1.165) is 25.7 Å². The molecule has 2 atom stereocenters. The molecule has 2 N–H and O–H groups in total. The number of carboxylic acids is 1. The average molecular weight is 523 g/mol. The van der Waals surface area contributed by atoms with Crippen LogP contribution in [-0.4, -0.2) is 23.3 Å². The zero-order chi connectivity index (χ0) is 27.0. The maximum atomic E-state index is 15.4. The molecule has 5 rings (SSSR count). The van der Waals surface area contributed by atoms with Crippen molar-refractivity contribution in [2.75, 3.05) is 7.11 Å². The van der Waals surface area contributed by atoms with E-state index >= 15 is 4.39 Å². The van der Waals surface area contributed by atoms with Crippen LogP contribution in [0.3, 0.4) is 0 Å². The molecule has 200 valence electrons. The largest absolute Gasteiger partial charge is 0.497 e. The summed E-state index contributed by atoms with van der Waals surface area (Å²) < 4.78 is 41.4. The third-order valence-corrected chi connectivity index (χ3v) is 7.95. The van der Waals surface area contributed by atoms with E-state index < -0.39 is 23.7 Å². The summed E-state index contributed by atoms with van der Waals surface area (Å²) in [5, 5.41) is 20.6. The number of rotatable bonds is 11. The molecule has 2 aliphatic rings. The Morgan fingerprint density at radius 1 is 1.05 bits per heavy atom. The van der Waals surface area contributed by atoms with Crippen LogP contribution in [0.4, 0.5) is 8.78 Å². The summed E-state index contributed by atoms with van der Waals surface area (Å²) >= 11 is 0. The highest BCUT2D eigenvalue weighted by Gasteiger charge is 2.45. The van der Waals surface area contributed by atoms with Gasteiger partial charge in [-0.25, -0.2) is 8.78 Å². The van der Waals surface area contributed by atoms with E-state index in [4.69, 9.17) is 9.47 Å². The molecule has 2 fully saturated rings. The summed E-state index contributed by atoms with van der Waals surface area (Å²) in [6.45, 7) is 2.03. The number of methoxy groups -OCH3 is 1. The molecule has 3 aromatic rings. The Balaban J connectivity index is 1.43. The molecule has 0 heterocycles. The van der Waals surface area contributed by atoms with Crippen molar-refractivity contribution in [2.24, 2.45) is 11.3 Å². The number of hydrogen-bond donors (Lipinski definition) is 2. The second-order valence-corrected chi connectivity index (χ2v) is 10.8. The molecule has 5 nitrogen and oxygen atoms in total. The number of aliphatic carboxylic acids is 1. The van der Waals surface area contributed by atoms with Crippen LogP contribution in [0.5, 0.6) is 11.5 Å². The average Bonchev–Trinajstić information content (AvgIpc) is 3.84. The summed E-state index contributed by atoms with van der Waals surface area (Å²) in [5.41, 5.74) is 2.27. The number of benzene rings is 3. The monoisotopic (exact) mass is 522 g/mol. The van der Waals surface area contributed by atoms with Crippen molar-refractivity contribution in [3.63, 3.8) is 0 Å². The number of halogens is 2. The van der Waals surface area contributed by atoms with Gasteiger partial charge in [0.2, 0.25) is 0 Å². The maximum absolute atomic E-state index is 15.4. The lowest BCUT2D eigenvalue weighted by Crippen LogP contribution is -2.12. The molecule has 0 aromatic heterocycles. The van der Waals surface area contributed by atoms with Crippen molar-refractivity contribution < 1.29 is 33.3 Å². The van der Waals surface area contributed by atoms with E-state index in [0.29, 0.717) is 33.6 Å². The summed E-state index contributed by atoms with van der Waals surface area (Å²) in [6, 6.07) is 14.7. The summed E-state index contributed by atoms with van der Waals surface area (Å²) in [7, 11) is 1.51. The number of carbonyl (C=O) groups is 1.